The van der Waals surface area contributed by atoms with Crippen molar-refractivity contribution in [3.05, 3.63) is 59.9 Å². The topological polar surface area (TPSA) is 65.5 Å². The minimum Gasteiger partial charge on any atom is -0.378 e. The summed E-state index contributed by atoms with van der Waals surface area (Å²) in [6, 6.07) is 11.2. The van der Waals surface area contributed by atoms with E-state index in [0.29, 0.717) is 18.0 Å². The maximum atomic E-state index is 12.7. The van der Waals surface area contributed by atoms with Crippen molar-refractivity contribution in [2.24, 2.45) is 5.92 Å². The standard InChI is InChI=1S/C21H26N4O2/c1-24(2)19-7-5-17(6-8-19)21(27)25-12-9-16(10-13-25)14-23-20(26)18-4-3-11-22-15-18/h3-8,11,15-16H,9-10,12-14H2,1-2H3,(H,23,26). The van der Waals surface area contributed by atoms with Gasteiger partial charge in [-0.1, -0.05) is 0 Å². The summed E-state index contributed by atoms with van der Waals surface area (Å²) >= 11 is 0. The van der Waals surface area contributed by atoms with E-state index in [1.54, 1.807) is 24.5 Å². The number of hydrogen-bond acceptors (Lipinski definition) is 4. The van der Waals surface area contributed by atoms with E-state index in [1.807, 2.05) is 48.2 Å². The molecule has 0 atom stereocenters. The van der Waals surface area contributed by atoms with Crippen molar-refractivity contribution < 1.29 is 9.59 Å². The molecule has 1 fully saturated rings. The first-order chi connectivity index (χ1) is 13.0. The normalized spacial score (nSPS) is 14.7. The van der Waals surface area contributed by atoms with E-state index in [0.717, 1.165) is 37.2 Å². The summed E-state index contributed by atoms with van der Waals surface area (Å²) in [4.78, 5) is 32.7. The summed E-state index contributed by atoms with van der Waals surface area (Å²) in [5, 5.41) is 2.97. The molecule has 0 unspecified atom stereocenters. The summed E-state index contributed by atoms with van der Waals surface area (Å²) in [5.41, 5.74) is 2.38. The van der Waals surface area contributed by atoms with E-state index in [1.165, 1.54) is 0 Å². The largest absolute Gasteiger partial charge is 0.378 e. The molecule has 1 aromatic heterocycles. The molecule has 27 heavy (non-hydrogen) atoms. The van der Waals surface area contributed by atoms with Crippen molar-refractivity contribution in [2.75, 3.05) is 38.6 Å². The molecule has 0 saturated carbocycles. The molecule has 6 nitrogen and oxygen atoms in total. The van der Waals surface area contributed by atoms with Crippen LogP contribution in [-0.2, 0) is 0 Å². The lowest BCUT2D eigenvalue weighted by Gasteiger charge is -2.32. The third-order valence-electron chi connectivity index (χ3n) is 5.01. The Morgan fingerprint density at radius 1 is 1.11 bits per heavy atom. The fourth-order valence-corrected chi connectivity index (χ4v) is 3.26. The van der Waals surface area contributed by atoms with Crippen molar-refractivity contribution in [1.82, 2.24) is 15.2 Å². The molecule has 0 bridgehead atoms. The fourth-order valence-electron chi connectivity index (χ4n) is 3.26. The average molecular weight is 366 g/mol. The lowest BCUT2D eigenvalue weighted by molar-refractivity contribution is 0.0684. The van der Waals surface area contributed by atoms with Crippen LogP contribution in [0.2, 0.25) is 0 Å². The highest BCUT2D eigenvalue weighted by atomic mass is 16.2. The third-order valence-corrected chi connectivity index (χ3v) is 5.01. The zero-order chi connectivity index (χ0) is 19.2. The molecule has 2 amide bonds. The number of carbonyl (C=O) groups excluding carboxylic acids is 2. The van der Waals surface area contributed by atoms with E-state index in [9.17, 15) is 9.59 Å². The lowest BCUT2D eigenvalue weighted by atomic mass is 9.96. The molecule has 1 N–H and O–H groups in total. The van der Waals surface area contributed by atoms with Crippen LogP contribution in [0.1, 0.15) is 33.6 Å². The molecule has 0 aliphatic carbocycles. The highest BCUT2D eigenvalue weighted by Crippen LogP contribution is 2.20. The van der Waals surface area contributed by atoms with Gasteiger partial charge in [-0.3, -0.25) is 14.6 Å². The number of nitrogens with zero attached hydrogens (tertiary/aromatic N) is 3. The molecule has 0 radical (unpaired) electrons. The molecule has 2 aromatic rings. The summed E-state index contributed by atoms with van der Waals surface area (Å²) in [6.07, 6.45) is 5.01. The smallest absolute Gasteiger partial charge is 0.253 e. The molecular formula is C21H26N4O2. The van der Waals surface area contributed by atoms with Crippen LogP contribution < -0.4 is 10.2 Å². The number of nitrogens with one attached hydrogen (secondary N) is 1. The predicted octanol–water partition coefficient (Wildman–Crippen LogP) is 2.43. The van der Waals surface area contributed by atoms with Gasteiger partial charge in [-0.2, -0.15) is 0 Å². The van der Waals surface area contributed by atoms with E-state index >= 15 is 0 Å². The van der Waals surface area contributed by atoms with Gasteiger partial charge >= 0.3 is 0 Å². The Balaban J connectivity index is 1.47. The van der Waals surface area contributed by atoms with Crippen LogP contribution in [0.5, 0.6) is 0 Å². The number of benzene rings is 1. The minimum atomic E-state index is -0.0948. The van der Waals surface area contributed by atoms with Gasteiger partial charge in [-0.15, -0.1) is 0 Å². The van der Waals surface area contributed by atoms with Crippen LogP contribution in [0.3, 0.4) is 0 Å². The molecular weight excluding hydrogens is 340 g/mol. The second-order valence-corrected chi connectivity index (χ2v) is 7.13. The number of amides is 2. The number of piperidine rings is 1. The van der Waals surface area contributed by atoms with Gasteiger partial charge in [-0.05, 0) is 55.2 Å². The Morgan fingerprint density at radius 2 is 1.81 bits per heavy atom. The molecule has 3 rings (SSSR count). The molecule has 1 aliphatic heterocycles. The molecule has 2 heterocycles. The van der Waals surface area contributed by atoms with Crippen molar-refractivity contribution in [3.63, 3.8) is 0 Å². The first-order valence-electron chi connectivity index (χ1n) is 9.29. The second kappa shape index (κ2) is 8.66. The van der Waals surface area contributed by atoms with Crippen molar-refractivity contribution >= 4 is 17.5 Å². The van der Waals surface area contributed by atoms with Gasteiger partial charge in [-0.25, -0.2) is 0 Å². The Kier molecular flexibility index (Phi) is 6.06. The summed E-state index contributed by atoms with van der Waals surface area (Å²) in [6.45, 7) is 2.08. The van der Waals surface area contributed by atoms with Crippen molar-refractivity contribution in [3.8, 4) is 0 Å². The number of anilines is 1. The second-order valence-electron chi connectivity index (χ2n) is 7.13. The van der Waals surface area contributed by atoms with Crippen LogP contribution in [0.25, 0.3) is 0 Å². The molecule has 1 aliphatic rings. The molecule has 1 saturated heterocycles. The number of pyridine rings is 1. The summed E-state index contributed by atoms with van der Waals surface area (Å²) in [5.74, 6) is 0.381. The molecule has 6 heteroatoms. The Bertz CT molecular complexity index is 767. The van der Waals surface area contributed by atoms with Gasteiger partial charge in [0.1, 0.15) is 0 Å². The zero-order valence-corrected chi connectivity index (χ0v) is 15.9. The van der Waals surface area contributed by atoms with E-state index < -0.39 is 0 Å². The van der Waals surface area contributed by atoms with E-state index in [4.69, 9.17) is 0 Å². The highest BCUT2D eigenvalue weighted by molar-refractivity contribution is 5.95. The Hall–Kier alpha value is -2.89. The number of rotatable bonds is 5. The average Bonchev–Trinajstić information content (AvgIpc) is 2.72. The molecule has 142 valence electrons. The van der Waals surface area contributed by atoms with Crippen molar-refractivity contribution in [2.45, 2.75) is 12.8 Å². The Morgan fingerprint density at radius 3 is 2.41 bits per heavy atom. The van der Waals surface area contributed by atoms with Gasteiger partial charge in [0.25, 0.3) is 11.8 Å². The number of likely N-dealkylation sites (tertiary alicyclic amines) is 1. The van der Waals surface area contributed by atoms with E-state index in [2.05, 4.69) is 10.3 Å². The SMILES string of the molecule is CN(C)c1ccc(C(=O)N2CCC(CNC(=O)c3cccnc3)CC2)cc1. The van der Waals surface area contributed by atoms with Crippen LogP contribution >= 0.6 is 0 Å². The lowest BCUT2D eigenvalue weighted by Crippen LogP contribution is -2.41. The van der Waals surface area contributed by atoms with Crippen LogP contribution in [-0.4, -0.2) is 55.4 Å². The summed E-state index contributed by atoms with van der Waals surface area (Å²) < 4.78 is 0. The Labute approximate surface area is 160 Å². The van der Waals surface area contributed by atoms with E-state index in [-0.39, 0.29) is 11.8 Å². The van der Waals surface area contributed by atoms with Gasteiger partial charge in [0, 0.05) is 57.4 Å². The zero-order valence-electron chi connectivity index (χ0n) is 15.9. The molecule has 0 spiro atoms. The first-order valence-corrected chi connectivity index (χ1v) is 9.29. The number of hydrogen-bond donors (Lipinski definition) is 1. The first kappa shape index (κ1) is 18.9. The van der Waals surface area contributed by atoms with Gasteiger partial charge in [0.05, 0.1) is 5.56 Å². The maximum absolute atomic E-state index is 12.7. The monoisotopic (exact) mass is 366 g/mol. The highest BCUT2D eigenvalue weighted by Gasteiger charge is 2.24. The minimum absolute atomic E-state index is 0.0816. The predicted molar refractivity (Wildman–Crippen MR) is 106 cm³/mol. The van der Waals surface area contributed by atoms with Gasteiger partial charge < -0.3 is 15.1 Å². The number of carbonyl (C=O) groups is 2. The van der Waals surface area contributed by atoms with Gasteiger partial charge in [0.2, 0.25) is 0 Å². The molecule has 1 aromatic carbocycles. The van der Waals surface area contributed by atoms with Gasteiger partial charge in [0.15, 0.2) is 0 Å². The third kappa shape index (κ3) is 4.84. The van der Waals surface area contributed by atoms with Crippen molar-refractivity contribution in [1.29, 1.82) is 0 Å². The fraction of sp³-hybridized carbons (Fsp3) is 0.381. The van der Waals surface area contributed by atoms with Crippen LogP contribution in [0, 0.1) is 5.92 Å². The maximum Gasteiger partial charge on any atom is 0.253 e. The number of aromatic nitrogens is 1. The summed E-state index contributed by atoms with van der Waals surface area (Å²) in [7, 11) is 3.96. The van der Waals surface area contributed by atoms with Crippen LogP contribution in [0.4, 0.5) is 5.69 Å². The quantitative estimate of drug-likeness (QED) is 0.883. The van der Waals surface area contributed by atoms with Crippen LogP contribution in [0.15, 0.2) is 48.8 Å².